The molecular weight excluding hydrogens is 284 g/mol. The topological polar surface area (TPSA) is 22.6 Å². The highest BCUT2D eigenvalue weighted by Crippen LogP contribution is 2.26. The van der Waals surface area contributed by atoms with Crippen LogP contribution in [-0.2, 0) is 0 Å². The first-order valence-electron chi connectivity index (χ1n) is 9.31. The van der Waals surface area contributed by atoms with Crippen LogP contribution in [0.3, 0.4) is 0 Å². The SMILES string of the molecule is CC(C)N1CCN(CCCN2CC[C@H](c3ccncc3)C2)CC1. The molecule has 0 saturated carbocycles. The Balaban J connectivity index is 1.33. The third-order valence-corrected chi connectivity index (χ3v) is 5.54. The van der Waals surface area contributed by atoms with Crippen LogP contribution in [0, 0.1) is 0 Å². The summed E-state index contributed by atoms with van der Waals surface area (Å²) in [6.07, 6.45) is 6.46. The van der Waals surface area contributed by atoms with Crippen molar-refractivity contribution in [3.63, 3.8) is 0 Å². The van der Waals surface area contributed by atoms with Crippen LogP contribution in [0.25, 0.3) is 0 Å². The van der Waals surface area contributed by atoms with Crippen LogP contribution in [-0.4, -0.2) is 78.1 Å². The summed E-state index contributed by atoms with van der Waals surface area (Å²) in [5.41, 5.74) is 1.47. The molecule has 2 fully saturated rings. The number of pyridine rings is 1. The quantitative estimate of drug-likeness (QED) is 0.803. The summed E-state index contributed by atoms with van der Waals surface area (Å²) in [4.78, 5) is 12.0. The lowest BCUT2D eigenvalue weighted by atomic mass is 10.00. The number of nitrogens with zero attached hydrogens (tertiary/aromatic N) is 4. The summed E-state index contributed by atoms with van der Waals surface area (Å²) in [5, 5.41) is 0. The van der Waals surface area contributed by atoms with Crippen molar-refractivity contribution in [2.45, 2.75) is 38.6 Å². The highest BCUT2D eigenvalue weighted by atomic mass is 15.3. The van der Waals surface area contributed by atoms with Gasteiger partial charge in [-0.05, 0) is 69.9 Å². The lowest BCUT2D eigenvalue weighted by molar-refractivity contribution is 0.105. The van der Waals surface area contributed by atoms with E-state index < -0.39 is 0 Å². The Labute approximate surface area is 141 Å². The van der Waals surface area contributed by atoms with Crippen LogP contribution in [0.2, 0.25) is 0 Å². The molecule has 3 rings (SSSR count). The second-order valence-corrected chi connectivity index (χ2v) is 7.39. The van der Waals surface area contributed by atoms with Crippen molar-refractivity contribution in [3.05, 3.63) is 30.1 Å². The second kappa shape index (κ2) is 8.22. The molecule has 0 spiro atoms. The van der Waals surface area contributed by atoms with E-state index in [0.29, 0.717) is 12.0 Å². The number of piperazine rings is 1. The minimum absolute atomic E-state index is 0.701. The number of rotatable bonds is 6. The maximum Gasteiger partial charge on any atom is 0.0270 e. The van der Waals surface area contributed by atoms with Gasteiger partial charge in [0.05, 0.1) is 0 Å². The summed E-state index contributed by atoms with van der Waals surface area (Å²) in [7, 11) is 0. The third-order valence-electron chi connectivity index (χ3n) is 5.54. The zero-order chi connectivity index (χ0) is 16.1. The molecule has 0 aromatic carbocycles. The standard InChI is InChI=1S/C19H32N4/c1-17(2)23-14-12-21(13-15-23)9-3-10-22-11-6-19(16-22)18-4-7-20-8-5-18/h4-5,7-8,17,19H,3,6,9-16H2,1-2H3/t19-/m0/s1. The van der Waals surface area contributed by atoms with Crippen molar-refractivity contribution >= 4 is 0 Å². The van der Waals surface area contributed by atoms with E-state index in [2.05, 4.69) is 45.7 Å². The number of aromatic nitrogens is 1. The molecule has 128 valence electrons. The Morgan fingerprint density at radius 3 is 2.39 bits per heavy atom. The van der Waals surface area contributed by atoms with Crippen LogP contribution >= 0.6 is 0 Å². The largest absolute Gasteiger partial charge is 0.303 e. The molecule has 4 nitrogen and oxygen atoms in total. The molecule has 0 bridgehead atoms. The summed E-state index contributed by atoms with van der Waals surface area (Å²) in [6, 6.07) is 5.07. The lowest BCUT2D eigenvalue weighted by Gasteiger charge is -2.37. The van der Waals surface area contributed by atoms with Gasteiger partial charge in [-0.1, -0.05) is 0 Å². The Hall–Kier alpha value is -0.970. The Kier molecular flexibility index (Phi) is 6.03. The maximum atomic E-state index is 4.13. The van der Waals surface area contributed by atoms with Crippen molar-refractivity contribution in [1.82, 2.24) is 19.7 Å². The summed E-state index contributed by atoms with van der Waals surface area (Å²) in [6.45, 7) is 14.6. The third kappa shape index (κ3) is 4.75. The predicted octanol–water partition coefficient (Wildman–Crippen LogP) is 2.29. The average Bonchev–Trinajstić information content (AvgIpc) is 3.05. The molecule has 2 saturated heterocycles. The molecule has 1 aromatic heterocycles. The van der Waals surface area contributed by atoms with Gasteiger partial charge in [0.1, 0.15) is 0 Å². The highest BCUT2D eigenvalue weighted by molar-refractivity contribution is 5.17. The normalized spacial score (nSPS) is 24.6. The predicted molar refractivity (Wildman–Crippen MR) is 95.8 cm³/mol. The van der Waals surface area contributed by atoms with Crippen LogP contribution in [0.4, 0.5) is 0 Å². The molecule has 23 heavy (non-hydrogen) atoms. The van der Waals surface area contributed by atoms with Crippen LogP contribution in [0.5, 0.6) is 0 Å². The van der Waals surface area contributed by atoms with Gasteiger partial charge in [0.2, 0.25) is 0 Å². The van der Waals surface area contributed by atoms with Gasteiger partial charge in [0.15, 0.2) is 0 Å². The summed E-state index contributed by atoms with van der Waals surface area (Å²) < 4.78 is 0. The van der Waals surface area contributed by atoms with Crippen LogP contribution in [0.1, 0.15) is 38.2 Å². The van der Waals surface area contributed by atoms with Crippen molar-refractivity contribution in [1.29, 1.82) is 0 Å². The molecule has 3 heterocycles. The maximum absolute atomic E-state index is 4.13. The van der Waals surface area contributed by atoms with Gasteiger partial charge in [-0.2, -0.15) is 0 Å². The van der Waals surface area contributed by atoms with Crippen LogP contribution in [0.15, 0.2) is 24.5 Å². The molecule has 0 N–H and O–H groups in total. The van der Waals surface area contributed by atoms with Crippen molar-refractivity contribution in [2.75, 3.05) is 52.4 Å². The Bertz CT molecular complexity index is 454. The zero-order valence-electron chi connectivity index (χ0n) is 14.8. The number of hydrogen-bond acceptors (Lipinski definition) is 4. The minimum Gasteiger partial charge on any atom is -0.303 e. The second-order valence-electron chi connectivity index (χ2n) is 7.39. The lowest BCUT2D eigenvalue weighted by Crippen LogP contribution is -2.49. The monoisotopic (exact) mass is 316 g/mol. The average molecular weight is 316 g/mol. The van der Waals surface area contributed by atoms with E-state index in [0.717, 1.165) is 0 Å². The Morgan fingerprint density at radius 1 is 1.00 bits per heavy atom. The fourth-order valence-electron chi connectivity index (χ4n) is 3.96. The van der Waals surface area contributed by atoms with Crippen molar-refractivity contribution < 1.29 is 0 Å². The van der Waals surface area contributed by atoms with Gasteiger partial charge >= 0.3 is 0 Å². The minimum atomic E-state index is 0.701. The van der Waals surface area contributed by atoms with Gasteiger partial charge in [0, 0.05) is 51.2 Å². The summed E-state index contributed by atoms with van der Waals surface area (Å²) in [5.74, 6) is 0.715. The van der Waals surface area contributed by atoms with E-state index in [9.17, 15) is 0 Å². The smallest absolute Gasteiger partial charge is 0.0270 e. The first-order valence-corrected chi connectivity index (χ1v) is 9.31. The molecule has 0 radical (unpaired) electrons. The molecule has 2 aliphatic rings. The van der Waals surface area contributed by atoms with E-state index in [-0.39, 0.29) is 0 Å². The first kappa shape index (κ1) is 16.9. The van der Waals surface area contributed by atoms with Crippen molar-refractivity contribution in [2.24, 2.45) is 0 Å². The van der Waals surface area contributed by atoms with E-state index in [1.54, 1.807) is 0 Å². The van der Waals surface area contributed by atoms with E-state index >= 15 is 0 Å². The van der Waals surface area contributed by atoms with Gasteiger partial charge in [-0.15, -0.1) is 0 Å². The highest BCUT2D eigenvalue weighted by Gasteiger charge is 2.24. The molecule has 0 unspecified atom stereocenters. The van der Waals surface area contributed by atoms with Crippen LogP contribution < -0.4 is 0 Å². The summed E-state index contributed by atoms with van der Waals surface area (Å²) >= 11 is 0. The zero-order valence-corrected chi connectivity index (χ0v) is 14.8. The fraction of sp³-hybridized carbons (Fsp3) is 0.737. The Morgan fingerprint density at radius 2 is 1.70 bits per heavy atom. The van der Waals surface area contributed by atoms with Gasteiger partial charge in [0.25, 0.3) is 0 Å². The molecule has 0 aliphatic carbocycles. The molecule has 4 heteroatoms. The molecule has 0 amide bonds. The fourth-order valence-corrected chi connectivity index (χ4v) is 3.96. The molecule has 1 aromatic rings. The van der Waals surface area contributed by atoms with Crippen molar-refractivity contribution in [3.8, 4) is 0 Å². The van der Waals surface area contributed by atoms with E-state index in [4.69, 9.17) is 0 Å². The van der Waals surface area contributed by atoms with E-state index in [1.807, 2.05) is 12.4 Å². The molecular formula is C19H32N4. The molecule has 2 aliphatic heterocycles. The van der Waals surface area contributed by atoms with Gasteiger partial charge in [-0.3, -0.25) is 9.88 Å². The van der Waals surface area contributed by atoms with Gasteiger partial charge < -0.3 is 9.80 Å². The van der Waals surface area contributed by atoms with E-state index in [1.165, 1.54) is 70.8 Å². The first-order chi connectivity index (χ1) is 11.2. The number of hydrogen-bond donors (Lipinski definition) is 0. The molecule has 1 atom stereocenters. The van der Waals surface area contributed by atoms with Gasteiger partial charge in [-0.25, -0.2) is 0 Å². The number of likely N-dealkylation sites (tertiary alicyclic amines) is 1.